The van der Waals surface area contributed by atoms with Gasteiger partial charge < -0.3 is 5.73 Å². The molecule has 3 heteroatoms. The minimum Gasteiger partial charge on any atom is -0.320 e. The van der Waals surface area contributed by atoms with Crippen LogP contribution in [-0.4, -0.2) is 16.3 Å². The van der Waals surface area contributed by atoms with Crippen LogP contribution in [0.5, 0.6) is 0 Å². The molecule has 0 unspecified atom stereocenters. The molecule has 0 radical (unpaired) electrons. The average molecular weight is 225 g/mol. The number of nitrogens with two attached hydrogens (primary N) is 1. The lowest BCUT2D eigenvalue weighted by atomic mass is 10.1. The van der Waals surface area contributed by atoms with Crippen molar-refractivity contribution in [3.05, 3.63) is 53.3 Å². The molecule has 0 saturated carbocycles. The van der Waals surface area contributed by atoms with Crippen LogP contribution in [0.4, 0.5) is 0 Å². The van der Waals surface area contributed by atoms with Crippen molar-refractivity contribution in [2.45, 2.75) is 13.5 Å². The first kappa shape index (κ1) is 11.4. The molecule has 1 aromatic carbocycles. The lowest BCUT2D eigenvalue weighted by Gasteiger charge is -2.02. The largest absolute Gasteiger partial charge is 0.320 e. The fourth-order valence-corrected chi connectivity index (χ4v) is 1.64. The van der Waals surface area contributed by atoms with E-state index in [2.05, 4.69) is 29.1 Å². The second-order valence-electron chi connectivity index (χ2n) is 3.86. The van der Waals surface area contributed by atoms with Crippen LogP contribution in [0.1, 0.15) is 16.8 Å². The van der Waals surface area contributed by atoms with Crippen LogP contribution >= 0.6 is 0 Å². The van der Waals surface area contributed by atoms with Gasteiger partial charge in [-0.25, -0.2) is 0 Å². The van der Waals surface area contributed by atoms with Crippen LogP contribution in [0.25, 0.3) is 0 Å². The topological polar surface area (TPSA) is 43.8 Å². The van der Waals surface area contributed by atoms with Crippen LogP contribution in [0, 0.1) is 18.8 Å². The minimum atomic E-state index is 0.391. The zero-order chi connectivity index (χ0) is 12.1. The molecule has 1 aromatic heterocycles. The molecule has 86 valence electrons. The zero-order valence-corrected chi connectivity index (χ0v) is 9.85. The van der Waals surface area contributed by atoms with Gasteiger partial charge in [0.1, 0.15) is 0 Å². The first-order chi connectivity index (χ1) is 8.28. The van der Waals surface area contributed by atoms with E-state index in [0.29, 0.717) is 6.54 Å². The number of aryl methyl sites for hydroxylation is 1. The number of aromatic nitrogens is 2. The maximum absolute atomic E-state index is 5.35. The molecular weight excluding hydrogens is 210 g/mol. The Bertz CT molecular complexity index is 558. The Morgan fingerprint density at radius 2 is 2.24 bits per heavy atom. The van der Waals surface area contributed by atoms with Gasteiger partial charge in [0.2, 0.25) is 0 Å². The van der Waals surface area contributed by atoms with Gasteiger partial charge in [-0.1, -0.05) is 24.0 Å². The summed E-state index contributed by atoms with van der Waals surface area (Å²) in [6.07, 6.45) is 1.98. The molecule has 17 heavy (non-hydrogen) atoms. The molecule has 0 spiro atoms. The van der Waals surface area contributed by atoms with Crippen molar-refractivity contribution in [3.8, 4) is 11.8 Å². The van der Waals surface area contributed by atoms with Crippen molar-refractivity contribution in [1.29, 1.82) is 0 Å². The number of hydrogen-bond acceptors (Lipinski definition) is 2. The molecule has 0 amide bonds. The Morgan fingerprint density at radius 3 is 2.94 bits per heavy atom. The SMILES string of the molecule is Cc1ccn(Cc2cccc(C#CCN)c2)n1. The number of nitrogens with zero attached hydrogens (tertiary/aromatic N) is 2. The summed E-state index contributed by atoms with van der Waals surface area (Å²) in [7, 11) is 0. The molecule has 1 heterocycles. The van der Waals surface area contributed by atoms with Gasteiger partial charge in [-0.15, -0.1) is 0 Å². The monoisotopic (exact) mass is 225 g/mol. The first-order valence-electron chi connectivity index (χ1n) is 5.56. The molecule has 2 N–H and O–H groups in total. The number of hydrogen-bond donors (Lipinski definition) is 1. The Labute approximate surface area is 101 Å². The normalized spacial score (nSPS) is 9.76. The van der Waals surface area contributed by atoms with E-state index < -0.39 is 0 Å². The molecule has 0 aliphatic carbocycles. The third-order valence-corrected chi connectivity index (χ3v) is 2.38. The van der Waals surface area contributed by atoms with Crippen molar-refractivity contribution < 1.29 is 0 Å². The van der Waals surface area contributed by atoms with Gasteiger partial charge in [-0.05, 0) is 30.7 Å². The molecular formula is C14H15N3. The predicted octanol–water partition coefficient (Wildman–Crippen LogP) is 1.55. The van der Waals surface area contributed by atoms with Gasteiger partial charge >= 0.3 is 0 Å². The average Bonchev–Trinajstić information content (AvgIpc) is 2.73. The van der Waals surface area contributed by atoms with Gasteiger partial charge in [-0.3, -0.25) is 4.68 Å². The lowest BCUT2D eigenvalue weighted by molar-refractivity contribution is 0.679. The highest BCUT2D eigenvalue weighted by Crippen LogP contribution is 2.06. The summed E-state index contributed by atoms with van der Waals surface area (Å²) in [4.78, 5) is 0. The fraction of sp³-hybridized carbons (Fsp3) is 0.214. The smallest absolute Gasteiger partial charge is 0.0659 e. The summed E-state index contributed by atoms with van der Waals surface area (Å²) in [6.45, 7) is 3.15. The maximum Gasteiger partial charge on any atom is 0.0659 e. The van der Waals surface area contributed by atoms with E-state index in [1.807, 2.05) is 36.0 Å². The molecule has 0 saturated heterocycles. The summed E-state index contributed by atoms with van der Waals surface area (Å²) in [5, 5.41) is 4.36. The van der Waals surface area contributed by atoms with Gasteiger partial charge in [-0.2, -0.15) is 5.10 Å². The third kappa shape index (κ3) is 3.20. The Morgan fingerprint density at radius 1 is 1.35 bits per heavy atom. The van der Waals surface area contributed by atoms with E-state index >= 15 is 0 Å². The molecule has 0 fully saturated rings. The van der Waals surface area contributed by atoms with Gasteiger partial charge in [0.05, 0.1) is 18.8 Å². The third-order valence-electron chi connectivity index (χ3n) is 2.38. The quantitative estimate of drug-likeness (QED) is 0.788. The van der Waals surface area contributed by atoms with Crippen LogP contribution < -0.4 is 5.73 Å². The first-order valence-corrected chi connectivity index (χ1v) is 5.56. The van der Waals surface area contributed by atoms with Crippen molar-refractivity contribution in [3.63, 3.8) is 0 Å². The second-order valence-corrected chi connectivity index (χ2v) is 3.86. The van der Waals surface area contributed by atoms with E-state index in [-0.39, 0.29) is 0 Å². The lowest BCUT2D eigenvalue weighted by Crippen LogP contribution is -2.00. The Kier molecular flexibility index (Phi) is 3.59. The summed E-state index contributed by atoms with van der Waals surface area (Å²) >= 11 is 0. The van der Waals surface area contributed by atoms with Crippen LogP contribution in [-0.2, 0) is 6.54 Å². The molecule has 2 rings (SSSR count). The van der Waals surface area contributed by atoms with Crippen molar-refractivity contribution in [1.82, 2.24) is 9.78 Å². The summed E-state index contributed by atoms with van der Waals surface area (Å²) in [5.74, 6) is 5.89. The summed E-state index contributed by atoms with van der Waals surface area (Å²) < 4.78 is 1.92. The summed E-state index contributed by atoms with van der Waals surface area (Å²) in [6, 6.07) is 10.1. The van der Waals surface area contributed by atoms with Crippen molar-refractivity contribution in [2.75, 3.05) is 6.54 Å². The second kappa shape index (κ2) is 5.33. The van der Waals surface area contributed by atoms with E-state index in [0.717, 1.165) is 17.8 Å². The zero-order valence-electron chi connectivity index (χ0n) is 9.85. The minimum absolute atomic E-state index is 0.391. The molecule has 0 aliphatic rings. The Balaban J connectivity index is 2.16. The molecule has 0 atom stereocenters. The van der Waals surface area contributed by atoms with E-state index in [4.69, 9.17) is 5.73 Å². The highest BCUT2D eigenvalue weighted by atomic mass is 15.3. The van der Waals surface area contributed by atoms with Gasteiger partial charge in [0.25, 0.3) is 0 Å². The Hall–Kier alpha value is -2.05. The van der Waals surface area contributed by atoms with Crippen LogP contribution in [0.15, 0.2) is 36.5 Å². The standard InChI is InChI=1S/C14H15N3/c1-12-7-9-17(16-12)11-14-5-2-4-13(10-14)6-3-8-15/h2,4-5,7,9-10H,8,11,15H2,1H3. The molecule has 3 nitrogen and oxygen atoms in total. The van der Waals surface area contributed by atoms with E-state index in [1.165, 1.54) is 5.56 Å². The highest BCUT2D eigenvalue weighted by Gasteiger charge is 1.97. The van der Waals surface area contributed by atoms with E-state index in [1.54, 1.807) is 0 Å². The highest BCUT2D eigenvalue weighted by molar-refractivity contribution is 5.37. The van der Waals surface area contributed by atoms with Crippen molar-refractivity contribution in [2.24, 2.45) is 5.73 Å². The molecule has 0 bridgehead atoms. The van der Waals surface area contributed by atoms with Crippen LogP contribution in [0.3, 0.4) is 0 Å². The summed E-state index contributed by atoms with van der Waals surface area (Å²) in [5.41, 5.74) is 8.57. The van der Waals surface area contributed by atoms with Gasteiger partial charge in [0.15, 0.2) is 0 Å². The fourth-order valence-electron chi connectivity index (χ4n) is 1.64. The van der Waals surface area contributed by atoms with E-state index in [9.17, 15) is 0 Å². The van der Waals surface area contributed by atoms with Crippen molar-refractivity contribution >= 4 is 0 Å². The number of benzene rings is 1. The van der Waals surface area contributed by atoms with Gasteiger partial charge in [0, 0.05) is 11.8 Å². The molecule has 0 aliphatic heterocycles. The number of rotatable bonds is 2. The predicted molar refractivity (Wildman–Crippen MR) is 68.4 cm³/mol. The molecule has 2 aromatic rings. The van der Waals surface area contributed by atoms with Crippen LogP contribution in [0.2, 0.25) is 0 Å². The maximum atomic E-state index is 5.35.